The van der Waals surface area contributed by atoms with Gasteiger partial charge < -0.3 is 14.6 Å². The molecule has 27 heavy (non-hydrogen) atoms. The summed E-state index contributed by atoms with van der Waals surface area (Å²) in [5.41, 5.74) is 1.66. The molecule has 0 aliphatic carbocycles. The average Bonchev–Trinajstić information content (AvgIpc) is 3.25. The Morgan fingerprint density at radius 3 is 2.89 bits per heavy atom. The van der Waals surface area contributed by atoms with Gasteiger partial charge in [0.05, 0.1) is 16.8 Å². The lowest BCUT2D eigenvalue weighted by Crippen LogP contribution is -2.18. The van der Waals surface area contributed by atoms with E-state index in [1.165, 1.54) is 24.3 Å². The molecule has 0 fully saturated rings. The van der Waals surface area contributed by atoms with Gasteiger partial charge in [0, 0.05) is 37.2 Å². The number of benzene rings is 1. The van der Waals surface area contributed by atoms with Gasteiger partial charge in [0.15, 0.2) is 4.80 Å². The highest BCUT2D eigenvalue weighted by atomic mass is 32.1. The van der Waals surface area contributed by atoms with E-state index in [-0.39, 0.29) is 11.8 Å². The van der Waals surface area contributed by atoms with E-state index in [2.05, 4.69) is 10.3 Å². The second kappa shape index (κ2) is 8.90. The Morgan fingerprint density at radius 2 is 2.19 bits per heavy atom. The molecule has 2 amide bonds. The minimum Gasteiger partial charge on any atom is -0.383 e. The van der Waals surface area contributed by atoms with Gasteiger partial charge in [0.25, 0.3) is 5.91 Å². The maximum Gasteiger partial charge on any atom is 0.272 e. The number of aromatic nitrogens is 1. The van der Waals surface area contributed by atoms with Crippen LogP contribution in [0.4, 0.5) is 5.69 Å². The fourth-order valence-electron chi connectivity index (χ4n) is 2.51. The van der Waals surface area contributed by atoms with Crippen molar-refractivity contribution in [2.24, 2.45) is 4.99 Å². The number of ether oxygens (including phenoxy) is 1. The fourth-order valence-corrected chi connectivity index (χ4v) is 4.23. The summed E-state index contributed by atoms with van der Waals surface area (Å²) in [6.07, 6.45) is 3.23. The van der Waals surface area contributed by atoms with Crippen molar-refractivity contribution in [3.8, 4) is 0 Å². The molecule has 0 spiro atoms. The molecular weight excluding hydrogens is 382 g/mol. The molecule has 2 heterocycles. The molecule has 1 aromatic carbocycles. The molecular formula is C19H19N3O3S2. The maximum atomic E-state index is 12.3. The molecule has 0 aliphatic heterocycles. The Bertz CT molecular complexity index is 1050. The lowest BCUT2D eigenvalue weighted by Gasteiger charge is -2.05. The topological polar surface area (TPSA) is 72.7 Å². The number of methoxy groups -OCH3 is 1. The van der Waals surface area contributed by atoms with E-state index >= 15 is 0 Å². The Hall–Kier alpha value is -2.55. The van der Waals surface area contributed by atoms with E-state index in [0.29, 0.717) is 23.6 Å². The third-order valence-corrected chi connectivity index (χ3v) is 5.54. The van der Waals surface area contributed by atoms with Crippen molar-refractivity contribution in [1.82, 2.24) is 4.57 Å². The van der Waals surface area contributed by atoms with Crippen LogP contribution in [-0.4, -0.2) is 30.1 Å². The second-order valence-electron chi connectivity index (χ2n) is 5.69. The van der Waals surface area contributed by atoms with Crippen LogP contribution in [0.25, 0.3) is 16.3 Å². The van der Waals surface area contributed by atoms with Crippen LogP contribution in [0.15, 0.2) is 46.8 Å². The van der Waals surface area contributed by atoms with Gasteiger partial charge in [-0.15, -0.1) is 11.3 Å². The summed E-state index contributed by atoms with van der Waals surface area (Å²) in [6, 6.07) is 9.51. The number of nitrogens with zero attached hydrogens (tertiary/aromatic N) is 2. The molecule has 2 aromatic heterocycles. The van der Waals surface area contributed by atoms with Gasteiger partial charge in [-0.25, -0.2) is 0 Å². The molecule has 140 valence electrons. The third kappa shape index (κ3) is 5.00. The first-order valence-corrected chi connectivity index (χ1v) is 9.96. The highest BCUT2D eigenvalue weighted by Gasteiger charge is 2.09. The zero-order valence-corrected chi connectivity index (χ0v) is 16.6. The van der Waals surface area contributed by atoms with Crippen LogP contribution in [0.2, 0.25) is 0 Å². The number of nitrogens with one attached hydrogen (secondary N) is 1. The predicted octanol–water partition coefficient (Wildman–Crippen LogP) is 3.51. The Morgan fingerprint density at radius 1 is 1.33 bits per heavy atom. The summed E-state index contributed by atoms with van der Waals surface area (Å²) >= 11 is 2.97. The normalized spacial score (nSPS) is 12.1. The van der Waals surface area contributed by atoms with Crippen molar-refractivity contribution in [2.45, 2.75) is 13.5 Å². The minimum atomic E-state index is -0.316. The molecule has 0 atom stereocenters. The van der Waals surface area contributed by atoms with Crippen LogP contribution in [-0.2, 0) is 20.9 Å². The number of hydrogen-bond acceptors (Lipinski definition) is 5. The molecule has 0 saturated carbocycles. The number of carbonyl (C=O) groups excluding carboxylic acids is 2. The van der Waals surface area contributed by atoms with Crippen LogP contribution in [0.3, 0.4) is 0 Å². The predicted molar refractivity (Wildman–Crippen MR) is 110 cm³/mol. The molecule has 0 unspecified atom stereocenters. The summed E-state index contributed by atoms with van der Waals surface area (Å²) in [5.74, 6) is -0.444. The molecule has 3 rings (SSSR count). The first-order valence-electron chi connectivity index (χ1n) is 8.27. The Balaban J connectivity index is 1.98. The molecule has 6 nitrogen and oxygen atoms in total. The van der Waals surface area contributed by atoms with Gasteiger partial charge in [0.1, 0.15) is 0 Å². The first-order chi connectivity index (χ1) is 13.1. The summed E-state index contributed by atoms with van der Waals surface area (Å²) in [7, 11) is 1.63. The molecule has 0 radical (unpaired) electrons. The summed E-state index contributed by atoms with van der Waals surface area (Å²) in [5, 5.41) is 4.73. The highest BCUT2D eigenvalue weighted by Crippen LogP contribution is 2.22. The quantitative estimate of drug-likeness (QED) is 0.643. The number of anilines is 1. The van der Waals surface area contributed by atoms with Gasteiger partial charge in [-0.3, -0.25) is 9.59 Å². The molecule has 0 saturated heterocycles. The molecule has 0 bridgehead atoms. The monoisotopic (exact) mass is 401 g/mol. The number of hydrogen-bond donors (Lipinski definition) is 1. The smallest absolute Gasteiger partial charge is 0.272 e. The van der Waals surface area contributed by atoms with Gasteiger partial charge in [-0.05, 0) is 35.7 Å². The number of amides is 2. The van der Waals surface area contributed by atoms with E-state index in [0.717, 1.165) is 15.1 Å². The molecule has 0 aliphatic rings. The van der Waals surface area contributed by atoms with Crippen molar-refractivity contribution in [2.75, 3.05) is 19.0 Å². The van der Waals surface area contributed by atoms with Crippen molar-refractivity contribution < 1.29 is 14.3 Å². The number of thiazole rings is 1. The highest BCUT2D eigenvalue weighted by molar-refractivity contribution is 7.16. The largest absolute Gasteiger partial charge is 0.383 e. The number of carbonyl (C=O) groups is 2. The Labute approximate surface area is 164 Å². The average molecular weight is 402 g/mol. The van der Waals surface area contributed by atoms with Crippen molar-refractivity contribution in [1.29, 1.82) is 0 Å². The number of fused-ring (bicyclic) bond motifs is 1. The van der Waals surface area contributed by atoms with Crippen LogP contribution in [0, 0.1) is 0 Å². The van der Waals surface area contributed by atoms with Crippen molar-refractivity contribution in [3.05, 3.63) is 51.5 Å². The standard InChI is InChI=1S/C19H19N3O3S2/c1-13(23)20-14-5-7-16-17(12-14)27-19(22(16)9-10-25-2)21-18(24)8-6-15-4-3-11-26-15/h3-8,11-12H,9-10H2,1-2H3,(H,20,23). The van der Waals surface area contributed by atoms with Crippen LogP contribution >= 0.6 is 22.7 Å². The number of thiophene rings is 1. The summed E-state index contributed by atoms with van der Waals surface area (Å²) < 4.78 is 8.08. The number of rotatable bonds is 6. The summed E-state index contributed by atoms with van der Waals surface area (Å²) in [4.78, 5) is 29.4. The minimum absolute atomic E-state index is 0.128. The lowest BCUT2D eigenvalue weighted by atomic mass is 10.3. The van der Waals surface area contributed by atoms with Gasteiger partial charge in [-0.2, -0.15) is 4.99 Å². The molecule has 1 N–H and O–H groups in total. The maximum absolute atomic E-state index is 12.3. The van der Waals surface area contributed by atoms with Gasteiger partial charge in [-0.1, -0.05) is 17.4 Å². The molecule has 3 aromatic rings. The van der Waals surface area contributed by atoms with E-state index in [1.54, 1.807) is 24.5 Å². The van der Waals surface area contributed by atoms with Crippen molar-refractivity contribution in [3.63, 3.8) is 0 Å². The van der Waals surface area contributed by atoms with Crippen LogP contribution in [0.1, 0.15) is 11.8 Å². The van der Waals surface area contributed by atoms with Crippen LogP contribution in [0.5, 0.6) is 0 Å². The van der Waals surface area contributed by atoms with E-state index in [1.807, 2.05) is 40.3 Å². The van der Waals surface area contributed by atoms with Crippen molar-refractivity contribution >= 4 is 56.5 Å². The zero-order chi connectivity index (χ0) is 19.2. The molecule has 8 heteroatoms. The fraction of sp³-hybridized carbons (Fsp3) is 0.211. The van der Waals surface area contributed by atoms with Gasteiger partial charge in [0.2, 0.25) is 5.91 Å². The summed E-state index contributed by atoms with van der Waals surface area (Å²) in [6.45, 7) is 2.55. The second-order valence-corrected chi connectivity index (χ2v) is 7.68. The van der Waals surface area contributed by atoms with E-state index in [4.69, 9.17) is 4.74 Å². The van der Waals surface area contributed by atoms with Gasteiger partial charge >= 0.3 is 0 Å². The SMILES string of the molecule is COCCn1c(=NC(=O)C=Cc2cccs2)sc2cc(NC(C)=O)ccc21. The van der Waals surface area contributed by atoms with Crippen LogP contribution < -0.4 is 10.1 Å². The van der Waals surface area contributed by atoms with E-state index < -0.39 is 0 Å². The third-order valence-electron chi connectivity index (χ3n) is 3.66. The zero-order valence-electron chi connectivity index (χ0n) is 15.0. The first kappa shape index (κ1) is 19.2. The van der Waals surface area contributed by atoms with E-state index in [9.17, 15) is 9.59 Å². The lowest BCUT2D eigenvalue weighted by molar-refractivity contribution is -0.114. The Kier molecular flexibility index (Phi) is 6.33.